The first-order valence-corrected chi connectivity index (χ1v) is 7.66. The van der Waals surface area contributed by atoms with E-state index in [2.05, 4.69) is 31.1 Å². The predicted molar refractivity (Wildman–Crippen MR) is 84.3 cm³/mol. The molecule has 4 rings (SSSR count). The Kier molecular flexibility index (Phi) is 3.22. The molecule has 22 heavy (non-hydrogen) atoms. The molecular formula is C15H20N6O. The van der Waals surface area contributed by atoms with Gasteiger partial charge in [0.2, 0.25) is 5.96 Å². The van der Waals surface area contributed by atoms with Crippen molar-refractivity contribution in [2.24, 2.45) is 21.6 Å². The van der Waals surface area contributed by atoms with Gasteiger partial charge in [0.05, 0.1) is 12.6 Å². The number of aliphatic imine (C=N–C) groups is 2. The molecule has 1 saturated heterocycles. The van der Waals surface area contributed by atoms with E-state index in [0.29, 0.717) is 12.0 Å². The van der Waals surface area contributed by atoms with Crippen LogP contribution in [-0.2, 0) is 4.74 Å². The maximum atomic E-state index is 5.89. The highest BCUT2D eigenvalue weighted by Crippen LogP contribution is 2.36. The molecule has 7 heteroatoms. The van der Waals surface area contributed by atoms with Crippen LogP contribution in [0.2, 0.25) is 0 Å². The molecule has 1 fully saturated rings. The quantitative estimate of drug-likeness (QED) is 0.851. The van der Waals surface area contributed by atoms with Crippen molar-refractivity contribution in [1.82, 2.24) is 14.9 Å². The van der Waals surface area contributed by atoms with Crippen molar-refractivity contribution in [3.05, 3.63) is 24.4 Å². The number of nitrogens with zero attached hydrogens (tertiary/aromatic N) is 4. The average molecular weight is 300 g/mol. The van der Waals surface area contributed by atoms with Crippen LogP contribution in [-0.4, -0.2) is 52.0 Å². The van der Waals surface area contributed by atoms with Gasteiger partial charge in [0.25, 0.3) is 0 Å². The molecule has 0 saturated carbocycles. The molecular weight excluding hydrogens is 280 g/mol. The van der Waals surface area contributed by atoms with Crippen molar-refractivity contribution < 1.29 is 4.74 Å². The molecule has 0 aromatic carbocycles. The summed E-state index contributed by atoms with van der Waals surface area (Å²) in [6, 6.07) is 0.334. The van der Waals surface area contributed by atoms with Gasteiger partial charge in [-0.25, -0.2) is 15.0 Å². The van der Waals surface area contributed by atoms with Crippen LogP contribution in [0, 0.1) is 5.92 Å². The van der Waals surface area contributed by atoms with E-state index in [4.69, 9.17) is 10.5 Å². The first-order valence-electron chi connectivity index (χ1n) is 7.66. The minimum absolute atomic E-state index is 0.0166. The number of guanidine groups is 1. The Morgan fingerprint density at radius 1 is 1.45 bits per heavy atom. The molecule has 0 bridgehead atoms. The lowest BCUT2D eigenvalue weighted by Crippen LogP contribution is -2.50. The van der Waals surface area contributed by atoms with Crippen LogP contribution in [0.4, 0.5) is 0 Å². The van der Waals surface area contributed by atoms with Crippen molar-refractivity contribution >= 4 is 17.2 Å². The van der Waals surface area contributed by atoms with E-state index in [1.165, 1.54) is 5.57 Å². The first kappa shape index (κ1) is 13.5. The Morgan fingerprint density at radius 2 is 2.36 bits per heavy atom. The van der Waals surface area contributed by atoms with E-state index >= 15 is 0 Å². The second-order valence-electron chi connectivity index (χ2n) is 6.02. The molecule has 0 aliphatic carbocycles. The molecule has 116 valence electrons. The summed E-state index contributed by atoms with van der Waals surface area (Å²) in [6.45, 7) is 3.57. The van der Waals surface area contributed by atoms with E-state index in [1.807, 2.05) is 13.1 Å². The van der Waals surface area contributed by atoms with Crippen LogP contribution in [0.25, 0.3) is 5.57 Å². The summed E-state index contributed by atoms with van der Waals surface area (Å²) < 4.78 is 5.57. The third-order valence-corrected chi connectivity index (χ3v) is 4.63. The summed E-state index contributed by atoms with van der Waals surface area (Å²) in [5.41, 5.74) is 8.11. The number of imidazole rings is 1. The standard InChI is InChI=1S/C15H20N6O/c1-9-12-6-10(13-17-3-4-18-13)7-21(11-2-5-22-8-11)14(12)20-15(16)19-9/h3-4,7,11-12,14H,2,5-6,8H2,1H3,(H2,16,20)(H,17,18)/t11-,12?,14?/m1/s1. The maximum Gasteiger partial charge on any atom is 0.217 e. The van der Waals surface area contributed by atoms with Gasteiger partial charge in [-0.2, -0.15) is 0 Å². The lowest BCUT2D eigenvalue weighted by Gasteiger charge is -2.42. The van der Waals surface area contributed by atoms with Crippen molar-refractivity contribution in [3.8, 4) is 0 Å². The third kappa shape index (κ3) is 2.21. The number of aromatic nitrogens is 2. The minimum Gasteiger partial charge on any atom is -0.379 e. The van der Waals surface area contributed by atoms with Gasteiger partial charge in [-0.15, -0.1) is 0 Å². The largest absolute Gasteiger partial charge is 0.379 e. The molecule has 7 nitrogen and oxygen atoms in total. The van der Waals surface area contributed by atoms with Crippen molar-refractivity contribution in [1.29, 1.82) is 0 Å². The molecule has 1 aromatic rings. The summed E-state index contributed by atoms with van der Waals surface area (Å²) >= 11 is 0. The number of fused-ring (bicyclic) bond motifs is 1. The van der Waals surface area contributed by atoms with Crippen LogP contribution < -0.4 is 5.73 Å². The molecule has 0 amide bonds. The number of aromatic amines is 1. The monoisotopic (exact) mass is 300 g/mol. The number of hydrogen-bond donors (Lipinski definition) is 2. The highest BCUT2D eigenvalue weighted by molar-refractivity contribution is 5.99. The summed E-state index contributed by atoms with van der Waals surface area (Å²) in [4.78, 5) is 18.9. The molecule has 3 aliphatic rings. The first-order chi connectivity index (χ1) is 10.7. The fourth-order valence-electron chi connectivity index (χ4n) is 3.48. The number of nitrogens with one attached hydrogen (secondary N) is 1. The Balaban J connectivity index is 1.74. The second kappa shape index (κ2) is 5.24. The van der Waals surface area contributed by atoms with Crippen molar-refractivity contribution in [3.63, 3.8) is 0 Å². The molecule has 3 atom stereocenters. The number of nitrogens with two attached hydrogens (primary N) is 1. The van der Waals surface area contributed by atoms with Gasteiger partial charge < -0.3 is 20.4 Å². The van der Waals surface area contributed by atoms with Crippen LogP contribution in [0.1, 0.15) is 25.6 Å². The Bertz CT molecular complexity index is 641. The SMILES string of the molecule is CC1=NC(N)=NC2C1CC(c1ncc[nH]1)=CN2[C@@H]1CCOC1. The smallest absolute Gasteiger partial charge is 0.217 e. The van der Waals surface area contributed by atoms with Crippen LogP contribution in [0.15, 0.2) is 28.6 Å². The fraction of sp³-hybridized carbons (Fsp3) is 0.533. The average Bonchev–Trinajstić information content (AvgIpc) is 3.20. The van der Waals surface area contributed by atoms with Crippen LogP contribution >= 0.6 is 0 Å². The number of ether oxygens (including phenoxy) is 1. The zero-order valence-corrected chi connectivity index (χ0v) is 12.6. The molecule has 3 N–H and O–H groups in total. The van der Waals surface area contributed by atoms with E-state index in [0.717, 1.165) is 37.6 Å². The molecule has 1 aromatic heterocycles. The van der Waals surface area contributed by atoms with E-state index < -0.39 is 0 Å². The predicted octanol–water partition coefficient (Wildman–Crippen LogP) is 0.977. The molecule has 0 spiro atoms. The summed E-state index contributed by atoms with van der Waals surface area (Å²) in [5.74, 6) is 1.52. The topological polar surface area (TPSA) is 91.9 Å². The number of rotatable bonds is 2. The Labute approximate surface area is 129 Å². The van der Waals surface area contributed by atoms with Gasteiger partial charge in [0, 0.05) is 42.4 Å². The Hall–Kier alpha value is -2.15. The maximum absolute atomic E-state index is 5.89. The third-order valence-electron chi connectivity index (χ3n) is 4.63. The lowest BCUT2D eigenvalue weighted by atomic mass is 9.87. The zero-order chi connectivity index (χ0) is 15.1. The van der Waals surface area contributed by atoms with Crippen molar-refractivity contribution in [2.75, 3.05) is 13.2 Å². The number of allylic oxidation sites excluding steroid dienone is 1. The summed E-state index contributed by atoms with van der Waals surface area (Å²) in [6.07, 6.45) is 7.70. The number of hydrogen-bond acceptors (Lipinski definition) is 6. The van der Waals surface area contributed by atoms with Gasteiger partial charge in [-0.3, -0.25) is 0 Å². The minimum atomic E-state index is 0.0166. The highest BCUT2D eigenvalue weighted by atomic mass is 16.5. The van der Waals surface area contributed by atoms with Crippen LogP contribution in [0.5, 0.6) is 0 Å². The van der Waals surface area contributed by atoms with Gasteiger partial charge in [-0.1, -0.05) is 0 Å². The van der Waals surface area contributed by atoms with E-state index in [-0.39, 0.29) is 12.1 Å². The van der Waals surface area contributed by atoms with Gasteiger partial charge in [0.1, 0.15) is 12.0 Å². The summed E-state index contributed by atoms with van der Waals surface area (Å²) in [7, 11) is 0. The van der Waals surface area contributed by atoms with E-state index in [9.17, 15) is 0 Å². The Morgan fingerprint density at radius 3 is 3.09 bits per heavy atom. The zero-order valence-electron chi connectivity index (χ0n) is 12.6. The lowest BCUT2D eigenvalue weighted by molar-refractivity contribution is 0.132. The molecule has 3 aliphatic heterocycles. The van der Waals surface area contributed by atoms with E-state index in [1.54, 1.807) is 6.20 Å². The normalized spacial score (nSPS) is 31.4. The van der Waals surface area contributed by atoms with Crippen LogP contribution in [0.3, 0.4) is 0 Å². The molecule has 2 unspecified atom stereocenters. The second-order valence-corrected chi connectivity index (χ2v) is 6.02. The molecule has 4 heterocycles. The molecule has 0 radical (unpaired) electrons. The number of H-pyrrole nitrogens is 1. The van der Waals surface area contributed by atoms with Gasteiger partial charge in [0.15, 0.2) is 0 Å². The summed E-state index contributed by atoms with van der Waals surface area (Å²) in [5, 5.41) is 0. The van der Waals surface area contributed by atoms with Gasteiger partial charge in [-0.05, 0) is 19.8 Å². The van der Waals surface area contributed by atoms with Gasteiger partial charge >= 0.3 is 0 Å². The fourth-order valence-corrected chi connectivity index (χ4v) is 3.48. The van der Waals surface area contributed by atoms with Crippen molar-refractivity contribution in [2.45, 2.75) is 32.0 Å². The highest BCUT2D eigenvalue weighted by Gasteiger charge is 2.39.